The van der Waals surface area contributed by atoms with E-state index < -0.39 is 11.9 Å². The van der Waals surface area contributed by atoms with Gasteiger partial charge >= 0.3 is 0 Å². The van der Waals surface area contributed by atoms with E-state index in [1.54, 1.807) is 25.2 Å². The van der Waals surface area contributed by atoms with Crippen LogP contribution < -0.4 is 5.32 Å². The first-order chi connectivity index (χ1) is 12.5. The number of rotatable bonds is 7. The van der Waals surface area contributed by atoms with E-state index in [2.05, 4.69) is 5.32 Å². The van der Waals surface area contributed by atoms with Crippen LogP contribution in [-0.2, 0) is 22.6 Å². The fraction of sp³-hybridized carbons (Fsp3) is 0.333. The van der Waals surface area contributed by atoms with Crippen LogP contribution in [-0.4, -0.2) is 29.8 Å². The number of nitrogens with one attached hydrogen (secondary N) is 1. The second kappa shape index (κ2) is 9.13. The Kier molecular flexibility index (Phi) is 6.89. The Bertz CT molecular complexity index is 759. The molecule has 0 aromatic heterocycles. The molecule has 2 amide bonds. The van der Waals surface area contributed by atoms with Crippen molar-refractivity contribution in [2.24, 2.45) is 0 Å². The fourth-order valence-electron chi connectivity index (χ4n) is 2.88. The zero-order chi connectivity index (χ0) is 19.1. The summed E-state index contributed by atoms with van der Waals surface area (Å²) in [5.74, 6) is -0.906. The molecular weight excluding hydrogens is 331 g/mol. The summed E-state index contributed by atoms with van der Waals surface area (Å²) in [6, 6.07) is 13.4. The maximum absolute atomic E-state index is 13.9. The van der Waals surface area contributed by atoms with Gasteiger partial charge in [-0.15, -0.1) is 0 Å². The molecule has 0 saturated carbocycles. The van der Waals surface area contributed by atoms with Crippen molar-refractivity contribution in [3.05, 3.63) is 71.0 Å². The Balaban J connectivity index is 2.29. The van der Waals surface area contributed by atoms with Crippen molar-refractivity contribution >= 4 is 11.8 Å². The lowest BCUT2D eigenvalue weighted by Gasteiger charge is -2.30. The van der Waals surface area contributed by atoms with Crippen molar-refractivity contribution < 1.29 is 14.0 Å². The molecule has 1 atom stereocenters. The van der Waals surface area contributed by atoms with Crippen molar-refractivity contribution in [1.29, 1.82) is 0 Å². The molecule has 0 unspecified atom stereocenters. The summed E-state index contributed by atoms with van der Waals surface area (Å²) in [6.07, 6.45) is 0.403. The molecular formula is C21H25FN2O2. The number of hydrogen-bond acceptors (Lipinski definition) is 2. The highest BCUT2D eigenvalue weighted by Crippen LogP contribution is 2.16. The second-order valence-corrected chi connectivity index (χ2v) is 6.31. The molecule has 0 saturated heterocycles. The van der Waals surface area contributed by atoms with Crippen LogP contribution in [0.4, 0.5) is 4.39 Å². The number of halogens is 1. The summed E-state index contributed by atoms with van der Waals surface area (Å²) in [6.45, 7) is 4.15. The molecule has 0 spiro atoms. The quantitative estimate of drug-likeness (QED) is 0.828. The zero-order valence-electron chi connectivity index (χ0n) is 15.5. The third-order valence-corrected chi connectivity index (χ3v) is 4.41. The van der Waals surface area contributed by atoms with Gasteiger partial charge in [0, 0.05) is 13.6 Å². The van der Waals surface area contributed by atoms with E-state index in [-0.39, 0.29) is 18.2 Å². The maximum atomic E-state index is 13.9. The van der Waals surface area contributed by atoms with Gasteiger partial charge in [-0.3, -0.25) is 9.59 Å². The average Bonchev–Trinajstić information content (AvgIpc) is 2.64. The lowest BCUT2D eigenvalue weighted by atomic mass is 10.1. The van der Waals surface area contributed by atoms with Crippen molar-refractivity contribution in [3.63, 3.8) is 0 Å². The Morgan fingerprint density at radius 3 is 2.35 bits per heavy atom. The third-order valence-electron chi connectivity index (χ3n) is 4.41. The van der Waals surface area contributed by atoms with Crippen LogP contribution in [0.15, 0.2) is 48.5 Å². The number of benzene rings is 2. The summed E-state index contributed by atoms with van der Waals surface area (Å²) >= 11 is 0. The molecule has 4 nitrogen and oxygen atoms in total. The average molecular weight is 356 g/mol. The molecule has 2 aromatic rings. The standard InChI is InChI=1S/C21H25FN2O2/c1-4-19(21(26)23-3)24(14-16-11-9-15(2)10-12-16)20(25)13-17-7-5-6-8-18(17)22/h5-12,19H,4,13-14H2,1-3H3,(H,23,26)/t19-/m1/s1. The molecule has 5 heteroatoms. The highest BCUT2D eigenvalue weighted by molar-refractivity contribution is 5.88. The van der Waals surface area contributed by atoms with E-state index in [0.717, 1.165) is 11.1 Å². The number of aryl methyl sites for hydroxylation is 1. The van der Waals surface area contributed by atoms with Gasteiger partial charge in [0.15, 0.2) is 0 Å². The highest BCUT2D eigenvalue weighted by atomic mass is 19.1. The van der Waals surface area contributed by atoms with E-state index >= 15 is 0 Å². The van der Waals surface area contributed by atoms with E-state index in [0.29, 0.717) is 18.5 Å². The van der Waals surface area contributed by atoms with Gasteiger partial charge in [0.05, 0.1) is 6.42 Å². The summed E-state index contributed by atoms with van der Waals surface area (Å²) < 4.78 is 13.9. The fourth-order valence-corrected chi connectivity index (χ4v) is 2.88. The largest absolute Gasteiger partial charge is 0.357 e. The van der Waals surface area contributed by atoms with Crippen LogP contribution in [0.3, 0.4) is 0 Å². The molecule has 26 heavy (non-hydrogen) atoms. The number of carbonyl (C=O) groups is 2. The summed E-state index contributed by atoms with van der Waals surface area (Å²) in [5.41, 5.74) is 2.38. The van der Waals surface area contributed by atoms with Crippen LogP contribution in [0.2, 0.25) is 0 Å². The summed E-state index contributed by atoms with van der Waals surface area (Å²) in [5, 5.41) is 2.61. The minimum Gasteiger partial charge on any atom is -0.357 e. The SMILES string of the molecule is CC[C@H](C(=O)NC)N(Cc1ccc(C)cc1)C(=O)Cc1ccccc1F. The minimum atomic E-state index is -0.597. The van der Waals surface area contributed by atoms with Crippen LogP contribution in [0.5, 0.6) is 0 Å². The number of amides is 2. The molecule has 0 bridgehead atoms. The van der Waals surface area contributed by atoms with Gasteiger partial charge in [-0.1, -0.05) is 55.0 Å². The van der Waals surface area contributed by atoms with Crippen molar-refractivity contribution in [3.8, 4) is 0 Å². The predicted molar refractivity (Wildman–Crippen MR) is 100.0 cm³/mol. The van der Waals surface area contributed by atoms with E-state index in [9.17, 15) is 14.0 Å². The first kappa shape index (κ1) is 19.6. The number of carbonyl (C=O) groups excluding carboxylic acids is 2. The van der Waals surface area contributed by atoms with Crippen LogP contribution in [0.1, 0.15) is 30.0 Å². The molecule has 0 heterocycles. The molecule has 0 aliphatic rings. The van der Waals surface area contributed by atoms with Gasteiger partial charge in [-0.25, -0.2) is 4.39 Å². The number of nitrogens with zero attached hydrogens (tertiary/aromatic N) is 1. The minimum absolute atomic E-state index is 0.0774. The van der Waals surface area contributed by atoms with Crippen molar-refractivity contribution in [2.75, 3.05) is 7.05 Å². The smallest absolute Gasteiger partial charge is 0.242 e. The van der Waals surface area contributed by atoms with Crippen LogP contribution in [0.25, 0.3) is 0 Å². The summed E-state index contributed by atoms with van der Waals surface area (Å²) in [7, 11) is 1.55. The first-order valence-electron chi connectivity index (χ1n) is 8.76. The van der Waals surface area contributed by atoms with Gasteiger partial charge in [0.2, 0.25) is 11.8 Å². The molecule has 0 aliphatic heterocycles. The highest BCUT2D eigenvalue weighted by Gasteiger charge is 2.28. The van der Waals surface area contributed by atoms with Gasteiger partial charge in [0.25, 0.3) is 0 Å². The molecule has 2 aromatic carbocycles. The molecule has 0 radical (unpaired) electrons. The Labute approximate surface area is 154 Å². The summed E-state index contributed by atoms with van der Waals surface area (Å²) in [4.78, 5) is 26.7. The van der Waals surface area contributed by atoms with Gasteiger partial charge in [-0.2, -0.15) is 0 Å². The van der Waals surface area contributed by atoms with Gasteiger partial charge in [0.1, 0.15) is 11.9 Å². The lowest BCUT2D eigenvalue weighted by molar-refractivity contribution is -0.140. The monoisotopic (exact) mass is 356 g/mol. The number of hydrogen-bond donors (Lipinski definition) is 1. The Morgan fingerprint density at radius 1 is 1.12 bits per heavy atom. The van der Waals surface area contributed by atoms with Gasteiger partial charge < -0.3 is 10.2 Å². The maximum Gasteiger partial charge on any atom is 0.242 e. The molecule has 0 fully saturated rings. The van der Waals surface area contributed by atoms with Crippen LogP contribution >= 0.6 is 0 Å². The van der Waals surface area contributed by atoms with Crippen molar-refractivity contribution in [2.45, 2.75) is 39.3 Å². The Morgan fingerprint density at radius 2 is 1.77 bits per heavy atom. The predicted octanol–water partition coefficient (Wildman–Crippen LogP) is 3.23. The molecule has 1 N–H and O–H groups in total. The second-order valence-electron chi connectivity index (χ2n) is 6.31. The zero-order valence-corrected chi connectivity index (χ0v) is 15.5. The normalized spacial score (nSPS) is 11.7. The molecule has 2 rings (SSSR count). The molecule has 0 aliphatic carbocycles. The topological polar surface area (TPSA) is 49.4 Å². The van der Waals surface area contributed by atoms with Gasteiger partial charge in [-0.05, 0) is 30.5 Å². The van der Waals surface area contributed by atoms with E-state index in [4.69, 9.17) is 0 Å². The van der Waals surface area contributed by atoms with Crippen molar-refractivity contribution in [1.82, 2.24) is 10.2 Å². The first-order valence-corrected chi connectivity index (χ1v) is 8.76. The van der Waals surface area contributed by atoms with E-state index in [1.807, 2.05) is 38.1 Å². The van der Waals surface area contributed by atoms with Crippen LogP contribution in [0, 0.1) is 12.7 Å². The number of likely N-dealkylation sites (N-methyl/N-ethyl adjacent to an activating group) is 1. The third kappa shape index (κ3) is 4.91. The van der Waals surface area contributed by atoms with E-state index in [1.165, 1.54) is 11.0 Å². The lowest BCUT2D eigenvalue weighted by Crippen LogP contribution is -2.48. The Hall–Kier alpha value is -2.69. The molecule has 138 valence electrons.